The molecule has 0 bridgehead atoms. The summed E-state index contributed by atoms with van der Waals surface area (Å²) in [6.07, 6.45) is 1.40. The monoisotopic (exact) mass is 252 g/mol. The van der Waals surface area contributed by atoms with E-state index in [2.05, 4.69) is 32.0 Å². The van der Waals surface area contributed by atoms with Crippen molar-refractivity contribution in [2.24, 2.45) is 0 Å². The van der Waals surface area contributed by atoms with Crippen molar-refractivity contribution in [3.8, 4) is 0 Å². The Morgan fingerprint density at radius 1 is 0.842 bits per heavy atom. The van der Waals surface area contributed by atoms with Gasteiger partial charge < -0.3 is 0 Å². The molecule has 2 aromatic carbocycles. The number of hydrogen-bond acceptors (Lipinski definition) is 1. The van der Waals surface area contributed by atoms with Gasteiger partial charge in [0, 0.05) is 12.0 Å². The molecule has 0 saturated heterocycles. The van der Waals surface area contributed by atoms with Crippen LogP contribution in [-0.2, 0) is 6.42 Å². The van der Waals surface area contributed by atoms with E-state index in [-0.39, 0.29) is 5.78 Å². The van der Waals surface area contributed by atoms with E-state index >= 15 is 0 Å². The molecule has 0 aliphatic rings. The number of hydrogen-bond donors (Lipinski definition) is 0. The SMILES string of the molecule is Cc1ccccc1C(=O)CCc1c(C)cccc1C. The third-order valence-electron chi connectivity index (χ3n) is 3.69. The van der Waals surface area contributed by atoms with Crippen LogP contribution in [0.1, 0.15) is 39.0 Å². The summed E-state index contributed by atoms with van der Waals surface area (Å²) in [7, 11) is 0. The zero-order valence-corrected chi connectivity index (χ0v) is 11.9. The lowest BCUT2D eigenvalue weighted by molar-refractivity contribution is 0.0982. The van der Waals surface area contributed by atoms with E-state index in [1.54, 1.807) is 0 Å². The smallest absolute Gasteiger partial charge is 0.163 e. The highest BCUT2D eigenvalue weighted by Crippen LogP contribution is 2.17. The molecule has 0 unspecified atom stereocenters. The van der Waals surface area contributed by atoms with Crippen LogP contribution < -0.4 is 0 Å². The lowest BCUT2D eigenvalue weighted by Gasteiger charge is -2.10. The van der Waals surface area contributed by atoms with Crippen molar-refractivity contribution >= 4 is 5.78 Å². The maximum absolute atomic E-state index is 12.3. The summed E-state index contributed by atoms with van der Waals surface area (Å²) >= 11 is 0. The van der Waals surface area contributed by atoms with Gasteiger partial charge in [0.1, 0.15) is 0 Å². The van der Waals surface area contributed by atoms with E-state index in [9.17, 15) is 4.79 Å². The molecular formula is C18H20O. The highest BCUT2D eigenvalue weighted by atomic mass is 16.1. The van der Waals surface area contributed by atoms with E-state index in [0.29, 0.717) is 6.42 Å². The van der Waals surface area contributed by atoms with Gasteiger partial charge in [0.05, 0.1) is 0 Å². The second kappa shape index (κ2) is 5.83. The fraction of sp³-hybridized carbons (Fsp3) is 0.278. The quantitative estimate of drug-likeness (QED) is 0.736. The Morgan fingerprint density at radius 3 is 2.05 bits per heavy atom. The van der Waals surface area contributed by atoms with Crippen LogP contribution in [0.25, 0.3) is 0 Å². The lowest BCUT2D eigenvalue weighted by atomic mass is 9.95. The first kappa shape index (κ1) is 13.5. The lowest BCUT2D eigenvalue weighted by Crippen LogP contribution is -2.05. The molecule has 0 aliphatic heterocycles. The minimum atomic E-state index is 0.237. The third-order valence-corrected chi connectivity index (χ3v) is 3.69. The summed E-state index contributed by atoms with van der Waals surface area (Å²) < 4.78 is 0. The number of aryl methyl sites for hydroxylation is 3. The average Bonchev–Trinajstić information content (AvgIpc) is 2.38. The molecule has 0 saturated carbocycles. The van der Waals surface area contributed by atoms with Gasteiger partial charge in [0.25, 0.3) is 0 Å². The van der Waals surface area contributed by atoms with Gasteiger partial charge in [-0.25, -0.2) is 0 Å². The number of benzene rings is 2. The molecule has 0 radical (unpaired) electrons. The Kier molecular flexibility index (Phi) is 4.16. The van der Waals surface area contributed by atoms with Gasteiger partial charge in [-0.15, -0.1) is 0 Å². The van der Waals surface area contributed by atoms with Gasteiger partial charge in [0.2, 0.25) is 0 Å². The van der Waals surface area contributed by atoms with Crippen LogP contribution in [0.2, 0.25) is 0 Å². The summed E-state index contributed by atoms with van der Waals surface area (Å²) in [6, 6.07) is 14.1. The zero-order chi connectivity index (χ0) is 13.8. The number of carbonyl (C=O) groups is 1. The van der Waals surface area contributed by atoms with Crippen molar-refractivity contribution in [3.05, 3.63) is 70.3 Å². The molecule has 19 heavy (non-hydrogen) atoms. The largest absolute Gasteiger partial charge is 0.294 e. The first-order chi connectivity index (χ1) is 9.09. The summed E-state index contributed by atoms with van der Waals surface area (Å²) in [5, 5.41) is 0. The molecule has 0 aliphatic carbocycles. The fourth-order valence-electron chi connectivity index (χ4n) is 2.50. The van der Waals surface area contributed by atoms with Crippen molar-refractivity contribution in [1.82, 2.24) is 0 Å². The van der Waals surface area contributed by atoms with Gasteiger partial charge in [-0.3, -0.25) is 4.79 Å². The highest BCUT2D eigenvalue weighted by Gasteiger charge is 2.10. The molecule has 1 nitrogen and oxygen atoms in total. The van der Waals surface area contributed by atoms with E-state index in [4.69, 9.17) is 0 Å². The molecule has 1 heteroatoms. The van der Waals surface area contributed by atoms with Crippen molar-refractivity contribution in [3.63, 3.8) is 0 Å². The minimum Gasteiger partial charge on any atom is -0.294 e. The highest BCUT2D eigenvalue weighted by molar-refractivity contribution is 5.97. The second-order valence-electron chi connectivity index (χ2n) is 5.11. The van der Waals surface area contributed by atoms with Crippen LogP contribution in [0.5, 0.6) is 0 Å². The van der Waals surface area contributed by atoms with Crippen molar-refractivity contribution < 1.29 is 4.79 Å². The molecule has 2 aromatic rings. The number of ketones is 1. The van der Waals surface area contributed by atoms with E-state index in [1.807, 2.05) is 31.2 Å². The Balaban J connectivity index is 2.11. The predicted octanol–water partition coefficient (Wildman–Crippen LogP) is 4.43. The minimum absolute atomic E-state index is 0.237. The number of rotatable bonds is 4. The van der Waals surface area contributed by atoms with E-state index < -0.39 is 0 Å². The first-order valence-corrected chi connectivity index (χ1v) is 6.73. The Morgan fingerprint density at radius 2 is 1.42 bits per heavy atom. The Labute approximate surface area is 115 Å². The molecular weight excluding hydrogens is 232 g/mol. The Bertz CT molecular complexity index is 576. The number of Topliss-reactive ketones (excluding diaryl/α,β-unsaturated/α-hetero) is 1. The molecule has 0 heterocycles. The molecule has 2 rings (SSSR count). The summed E-state index contributed by atoms with van der Waals surface area (Å²) in [5.41, 5.74) is 5.78. The fourth-order valence-corrected chi connectivity index (χ4v) is 2.50. The van der Waals surface area contributed by atoms with Crippen LogP contribution in [0.15, 0.2) is 42.5 Å². The topological polar surface area (TPSA) is 17.1 Å². The predicted molar refractivity (Wildman–Crippen MR) is 79.7 cm³/mol. The molecule has 0 N–H and O–H groups in total. The van der Waals surface area contributed by atoms with Gasteiger partial charge in [-0.1, -0.05) is 42.5 Å². The molecule has 0 fully saturated rings. The third kappa shape index (κ3) is 3.11. The Hall–Kier alpha value is -1.89. The number of carbonyl (C=O) groups excluding carboxylic acids is 1. The van der Waals surface area contributed by atoms with Crippen LogP contribution in [0.4, 0.5) is 0 Å². The van der Waals surface area contributed by atoms with Crippen LogP contribution in [0.3, 0.4) is 0 Å². The molecule has 0 atom stereocenters. The zero-order valence-electron chi connectivity index (χ0n) is 11.9. The average molecular weight is 252 g/mol. The molecule has 0 aromatic heterocycles. The van der Waals surface area contributed by atoms with Crippen LogP contribution >= 0.6 is 0 Å². The standard InChI is InChI=1S/C18H20O/c1-13-8-6-9-14(2)16(13)11-12-18(19)17-10-5-4-7-15(17)3/h4-10H,11-12H2,1-3H3. The van der Waals surface area contributed by atoms with Gasteiger partial charge in [-0.05, 0) is 49.4 Å². The van der Waals surface area contributed by atoms with E-state index in [1.165, 1.54) is 16.7 Å². The van der Waals surface area contributed by atoms with Crippen molar-refractivity contribution in [2.45, 2.75) is 33.6 Å². The summed E-state index contributed by atoms with van der Waals surface area (Å²) in [6.45, 7) is 6.22. The first-order valence-electron chi connectivity index (χ1n) is 6.73. The van der Waals surface area contributed by atoms with Gasteiger partial charge in [0.15, 0.2) is 5.78 Å². The van der Waals surface area contributed by atoms with Gasteiger partial charge in [-0.2, -0.15) is 0 Å². The normalized spacial score (nSPS) is 10.5. The molecule has 0 spiro atoms. The molecule has 98 valence electrons. The maximum Gasteiger partial charge on any atom is 0.163 e. The van der Waals surface area contributed by atoms with Crippen molar-refractivity contribution in [1.29, 1.82) is 0 Å². The summed E-state index contributed by atoms with van der Waals surface area (Å²) in [4.78, 5) is 12.3. The van der Waals surface area contributed by atoms with Crippen LogP contribution in [0, 0.1) is 20.8 Å². The van der Waals surface area contributed by atoms with Crippen molar-refractivity contribution in [2.75, 3.05) is 0 Å². The van der Waals surface area contributed by atoms with Crippen LogP contribution in [-0.4, -0.2) is 5.78 Å². The van der Waals surface area contributed by atoms with E-state index in [0.717, 1.165) is 17.5 Å². The summed E-state index contributed by atoms with van der Waals surface area (Å²) in [5.74, 6) is 0.237. The maximum atomic E-state index is 12.3. The van der Waals surface area contributed by atoms with Gasteiger partial charge >= 0.3 is 0 Å². The second-order valence-corrected chi connectivity index (χ2v) is 5.11. The molecule has 0 amide bonds.